The highest BCUT2D eigenvalue weighted by Gasteiger charge is 2.46. The predicted octanol–water partition coefficient (Wildman–Crippen LogP) is -0.197. The number of ether oxygens (including phenoxy) is 1. The van der Waals surface area contributed by atoms with Crippen molar-refractivity contribution in [2.24, 2.45) is 0 Å². The van der Waals surface area contributed by atoms with Crippen molar-refractivity contribution in [3.8, 4) is 0 Å². The summed E-state index contributed by atoms with van der Waals surface area (Å²) in [7, 11) is 1.32. The van der Waals surface area contributed by atoms with Gasteiger partial charge >= 0.3 is 0 Å². The van der Waals surface area contributed by atoms with Gasteiger partial charge in [0.2, 0.25) is 11.8 Å². The van der Waals surface area contributed by atoms with Gasteiger partial charge in [0.05, 0.1) is 18.3 Å². The molecule has 2 aliphatic rings. The normalized spacial score (nSPS) is 22.5. The third-order valence-electron chi connectivity index (χ3n) is 3.40. The summed E-state index contributed by atoms with van der Waals surface area (Å²) in [5, 5.41) is 2.12. The Bertz CT molecular complexity index is 617. The number of nitrogens with one attached hydrogen (secondary N) is 1. The molecule has 0 radical (unpaired) electrons. The van der Waals surface area contributed by atoms with Crippen LogP contribution in [0, 0.1) is 0 Å². The largest absolute Gasteiger partial charge is 0.497 e. The standard InChI is InChI=1S/C14H14N2O5/c1-4-8-11(7(2)21-3)14(20)16(13(8)19)9-5-6-10(17)15-12(9)18/h4,9H,1-2,5-6H2,3H3,(H,15,17,18). The van der Waals surface area contributed by atoms with Crippen LogP contribution in [-0.4, -0.2) is 41.7 Å². The molecule has 0 spiro atoms. The van der Waals surface area contributed by atoms with Crippen LogP contribution in [0.25, 0.3) is 0 Å². The molecule has 110 valence electrons. The van der Waals surface area contributed by atoms with Crippen LogP contribution in [0.2, 0.25) is 0 Å². The topological polar surface area (TPSA) is 92.8 Å². The van der Waals surface area contributed by atoms with Crippen molar-refractivity contribution in [1.82, 2.24) is 10.2 Å². The maximum absolute atomic E-state index is 12.4. The molecule has 1 atom stereocenters. The summed E-state index contributed by atoms with van der Waals surface area (Å²) in [6.45, 7) is 7.06. The Balaban J connectivity index is 2.37. The Hall–Kier alpha value is -2.70. The number of hydrogen-bond acceptors (Lipinski definition) is 5. The Morgan fingerprint density at radius 1 is 1.33 bits per heavy atom. The molecule has 2 heterocycles. The molecule has 7 heteroatoms. The van der Waals surface area contributed by atoms with Gasteiger partial charge < -0.3 is 4.74 Å². The summed E-state index contributed by atoms with van der Waals surface area (Å²) in [4.78, 5) is 48.6. The monoisotopic (exact) mass is 290 g/mol. The van der Waals surface area contributed by atoms with E-state index in [-0.39, 0.29) is 29.7 Å². The van der Waals surface area contributed by atoms with Crippen molar-refractivity contribution in [3.05, 3.63) is 36.1 Å². The van der Waals surface area contributed by atoms with Gasteiger partial charge in [0.15, 0.2) is 0 Å². The summed E-state index contributed by atoms with van der Waals surface area (Å²) < 4.78 is 4.91. The molecule has 1 fully saturated rings. The third-order valence-corrected chi connectivity index (χ3v) is 3.40. The number of carbonyl (C=O) groups excluding carboxylic acids is 4. The summed E-state index contributed by atoms with van der Waals surface area (Å²) in [6, 6.07) is -1.01. The lowest BCUT2D eigenvalue weighted by Gasteiger charge is -2.28. The summed E-state index contributed by atoms with van der Waals surface area (Å²) in [6.07, 6.45) is 1.39. The van der Waals surface area contributed by atoms with E-state index >= 15 is 0 Å². The molecule has 1 N–H and O–H groups in total. The van der Waals surface area contributed by atoms with Gasteiger partial charge in [-0.25, -0.2) is 0 Å². The van der Waals surface area contributed by atoms with Crippen LogP contribution in [0.15, 0.2) is 36.1 Å². The first-order chi connectivity index (χ1) is 9.92. The van der Waals surface area contributed by atoms with Gasteiger partial charge in [0.1, 0.15) is 11.8 Å². The lowest BCUT2D eigenvalue weighted by Crippen LogP contribution is -2.54. The molecule has 1 unspecified atom stereocenters. The number of rotatable bonds is 4. The number of piperidine rings is 1. The Labute approximate surface area is 120 Å². The van der Waals surface area contributed by atoms with E-state index in [1.165, 1.54) is 13.2 Å². The van der Waals surface area contributed by atoms with Crippen LogP contribution in [-0.2, 0) is 23.9 Å². The fourth-order valence-corrected chi connectivity index (χ4v) is 2.34. The first kappa shape index (κ1) is 14.7. The van der Waals surface area contributed by atoms with Gasteiger partial charge in [0.25, 0.3) is 11.8 Å². The molecule has 0 bridgehead atoms. The number of nitrogens with zero attached hydrogens (tertiary/aromatic N) is 1. The molecule has 0 aliphatic carbocycles. The second-order valence-corrected chi connectivity index (χ2v) is 4.57. The minimum absolute atomic E-state index is 0.0119. The van der Waals surface area contributed by atoms with Gasteiger partial charge in [-0.3, -0.25) is 29.4 Å². The van der Waals surface area contributed by atoms with Crippen molar-refractivity contribution in [3.63, 3.8) is 0 Å². The van der Waals surface area contributed by atoms with E-state index < -0.39 is 29.7 Å². The fourth-order valence-electron chi connectivity index (χ4n) is 2.34. The average Bonchev–Trinajstić information content (AvgIpc) is 2.69. The third kappa shape index (κ3) is 2.26. The molecule has 0 aromatic heterocycles. The molecule has 0 saturated carbocycles. The van der Waals surface area contributed by atoms with E-state index in [2.05, 4.69) is 18.5 Å². The predicted molar refractivity (Wildman–Crippen MR) is 71.4 cm³/mol. The average molecular weight is 290 g/mol. The minimum Gasteiger partial charge on any atom is -0.497 e. The lowest BCUT2D eigenvalue weighted by atomic mass is 10.0. The number of imide groups is 2. The maximum Gasteiger partial charge on any atom is 0.266 e. The number of carbonyl (C=O) groups is 4. The molecule has 21 heavy (non-hydrogen) atoms. The van der Waals surface area contributed by atoms with Crippen LogP contribution >= 0.6 is 0 Å². The molecule has 7 nitrogen and oxygen atoms in total. The van der Waals surface area contributed by atoms with E-state index in [0.717, 1.165) is 4.90 Å². The lowest BCUT2D eigenvalue weighted by molar-refractivity contribution is -0.150. The van der Waals surface area contributed by atoms with Crippen LogP contribution in [0.3, 0.4) is 0 Å². The molecule has 0 aromatic rings. The SMILES string of the molecule is C=CC1=C(C(=C)OC)C(=O)N(C2CCC(=O)NC2=O)C1=O. The second-order valence-electron chi connectivity index (χ2n) is 4.57. The van der Waals surface area contributed by atoms with Crippen LogP contribution in [0.5, 0.6) is 0 Å². The maximum atomic E-state index is 12.4. The number of hydrogen-bond donors (Lipinski definition) is 1. The van der Waals surface area contributed by atoms with Gasteiger partial charge in [-0.2, -0.15) is 0 Å². The molecule has 2 aliphatic heterocycles. The van der Waals surface area contributed by atoms with Crippen LogP contribution in [0.4, 0.5) is 0 Å². The zero-order valence-electron chi connectivity index (χ0n) is 11.5. The molecular weight excluding hydrogens is 276 g/mol. The second kappa shape index (κ2) is 5.35. The van der Waals surface area contributed by atoms with E-state index in [0.29, 0.717) is 0 Å². The number of amides is 4. The van der Waals surface area contributed by atoms with Crippen LogP contribution < -0.4 is 5.32 Å². The minimum atomic E-state index is -1.01. The van der Waals surface area contributed by atoms with Crippen LogP contribution in [0.1, 0.15) is 12.8 Å². The summed E-state index contributed by atoms with van der Waals surface area (Å²) in [5.41, 5.74) is 0.0266. The quantitative estimate of drug-likeness (QED) is 0.572. The Kier molecular flexibility index (Phi) is 3.75. The van der Waals surface area contributed by atoms with E-state index in [9.17, 15) is 19.2 Å². The molecule has 0 aromatic carbocycles. The first-order valence-corrected chi connectivity index (χ1v) is 6.24. The Morgan fingerprint density at radius 3 is 2.52 bits per heavy atom. The van der Waals surface area contributed by atoms with Gasteiger partial charge in [-0.1, -0.05) is 19.2 Å². The van der Waals surface area contributed by atoms with Crippen molar-refractivity contribution < 1.29 is 23.9 Å². The van der Waals surface area contributed by atoms with E-state index in [1.807, 2.05) is 0 Å². The highest BCUT2D eigenvalue weighted by Crippen LogP contribution is 2.30. The Morgan fingerprint density at radius 2 is 2.00 bits per heavy atom. The summed E-state index contributed by atoms with van der Waals surface area (Å²) in [5.74, 6) is -2.37. The van der Waals surface area contributed by atoms with E-state index in [4.69, 9.17) is 4.74 Å². The molecule has 2 rings (SSSR count). The van der Waals surface area contributed by atoms with Crippen molar-refractivity contribution in [2.75, 3.05) is 7.11 Å². The van der Waals surface area contributed by atoms with Gasteiger partial charge in [0, 0.05) is 6.42 Å². The first-order valence-electron chi connectivity index (χ1n) is 6.24. The summed E-state index contributed by atoms with van der Waals surface area (Å²) >= 11 is 0. The van der Waals surface area contributed by atoms with Crippen molar-refractivity contribution in [2.45, 2.75) is 18.9 Å². The molecule has 4 amide bonds. The van der Waals surface area contributed by atoms with Gasteiger partial charge in [-0.15, -0.1) is 0 Å². The zero-order valence-corrected chi connectivity index (χ0v) is 11.5. The highest BCUT2D eigenvalue weighted by atomic mass is 16.5. The smallest absolute Gasteiger partial charge is 0.266 e. The fraction of sp³-hybridized carbons (Fsp3) is 0.286. The molecule has 1 saturated heterocycles. The van der Waals surface area contributed by atoms with Gasteiger partial charge in [-0.05, 0) is 6.42 Å². The van der Waals surface area contributed by atoms with Crippen molar-refractivity contribution in [1.29, 1.82) is 0 Å². The molecular formula is C14H14N2O5. The van der Waals surface area contributed by atoms with Crippen molar-refractivity contribution >= 4 is 23.6 Å². The number of methoxy groups -OCH3 is 1. The zero-order chi connectivity index (χ0) is 15.7. The highest BCUT2D eigenvalue weighted by molar-refractivity contribution is 6.24. The van der Waals surface area contributed by atoms with E-state index in [1.54, 1.807) is 0 Å².